The van der Waals surface area contributed by atoms with Crippen molar-refractivity contribution in [1.82, 2.24) is 0 Å². The van der Waals surface area contributed by atoms with Crippen LogP contribution in [-0.4, -0.2) is 0 Å². The Kier molecular flexibility index (Phi) is 5.77. The van der Waals surface area contributed by atoms with Gasteiger partial charge in [-0.2, -0.15) is 0 Å². The molecule has 0 amide bonds. The van der Waals surface area contributed by atoms with Crippen molar-refractivity contribution in [2.45, 2.75) is 27.0 Å². The summed E-state index contributed by atoms with van der Waals surface area (Å²) in [5, 5.41) is 3.52. The molecule has 128 valence electrons. The largest absolute Gasteiger partial charge is 0.489 e. The minimum absolute atomic E-state index is 0.568. The highest BCUT2D eigenvalue weighted by Gasteiger charge is 2.07. The number of hydrogen-bond donors (Lipinski definition) is 1. The van der Waals surface area contributed by atoms with E-state index in [0.29, 0.717) is 13.2 Å². The molecule has 3 rings (SSSR count). The fraction of sp³-hybridized carbons (Fsp3) is 0.182. The average Bonchev–Trinajstić information content (AvgIpc) is 2.61. The van der Waals surface area contributed by atoms with Gasteiger partial charge in [0.15, 0.2) is 0 Å². The van der Waals surface area contributed by atoms with E-state index in [4.69, 9.17) is 4.74 Å². The average molecular weight is 396 g/mol. The van der Waals surface area contributed by atoms with Crippen LogP contribution in [0.15, 0.2) is 71.2 Å². The number of benzene rings is 3. The van der Waals surface area contributed by atoms with Crippen LogP contribution in [0.4, 0.5) is 5.69 Å². The summed E-state index contributed by atoms with van der Waals surface area (Å²) in [5.41, 5.74) is 5.97. The second-order valence-corrected chi connectivity index (χ2v) is 7.11. The fourth-order valence-corrected chi connectivity index (χ4v) is 3.17. The minimum atomic E-state index is 0.568. The minimum Gasteiger partial charge on any atom is -0.489 e. The summed E-state index contributed by atoms with van der Waals surface area (Å²) < 4.78 is 7.11. The molecule has 2 nitrogen and oxygen atoms in total. The summed E-state index contributed by atoms with van der Waals surface area (Å²) in [6, 6.07) is 22.8. The molecule has 0 unspecified atom stereocenters. The van der Waals surface area contributed by atoms with Crippen molar-refractivity contribution in [2.75, 3.05) is 5.32 Å². The van der Waals surface area contributed by atoms with Gasteiger partial charge in [0.1, 0.15) is 12.4 Å². The van der Waals surface area contributed by atoms with Crippen molar-refractivity contribution in [2.24, 2.45) is 0 Å². The second-order valence-electron chi connectivity index (χ2n) is 6.20. The van der Waals surface area contributed by atoms with Crippen molar-refractivity contribution in [3.63, 3.8) is 0 Å². The van der Waals surface area contributed by atoms with E-state index < -0.39 is 0 Å². The number of anilines is 1. The zero-order valence-electron chi connectivity index (χ0n) is 14.6. The van der Waals surface area contributed by atoms with Crippen LogP contribution in [0.25, 0.3) is 0 Å². The number of ether oxygens (including phenoxy) is 1. The Morgan fingerprint density at radius 2 is 1.72 bits per heavy atom. The van der Waals surface area contributed by atoms with Gasteiger partial charge in [-0.15, -0.1) is 0 Å². The molecule has 0 aromatic heterocycles. The van der Waals surface area contributed by atoms with Crippen molar-refractivity contribution >= 4 is 21.6 Å². The summed E-state index contributed by atoms with van der Waals surface area (Å²) >= 11 is 3.56. The summed E-state index contributed by atoms with van der Waals surface area (Å²) in [5.74, 6) is 0.907. The van der Waals surface area contributed by atoms with Crippen LogP contribution in [-0.2, 0) is 13.2 Å². The van der Waals surface area contributed by atoms with E-state index in [1.165, 1.54) is 16.7 Å². The van der Waals surface area contributed by atoms with E-state index in [1.807, 2.05) is 30.3 Å². The molecule has 0 atom stereocenters. The van der Waals surface area contributed by atoms with Crippen molar-refractivity contribution in [3.05, 3.63) is 93.5 Å². The van der Waals surface area contributed by atoms with Gasteiger partial charge in [0.05, 0.1) is 0 Å². The quantitative estimate of drug-likeness (QED) is 0.531. The zero-order valence-corrected chi connectivity index (χ0v) is 16.1. The molecule has 3 aromatic carbocycles. The maximum Gasteiger partial charge on any atom is 0.124 e. The molecule has 25 heavy (non-hydrogen) atoms. The Labute approximate surface area is 158 Å². The fourth-order valence-electron chi connectivity index (χ4n) is 2.76. The molecule has 0 bridgehead atoms. The first-order valence-electron chi connectivity index (χ1n) is 8.38. The molecular formula is C22H22BrNO. The van der Waals surface area contributed by atoms with Gasteiger partial charge in [-0.25, -0.2) is 0 Å². The van der Waals surface area contributed by atoms with Crippen molar-refractivity contribution in [3.8, 4) is 5.75 Å². The molecule has 0 heterocycles. The van der Waals surface area contributed by atoms with Crippen LogP contribution < -0.4 is 10.1 Å². The second kappa shape index (κ2) is 8.21. The highest BCUT2D eigenvalue weighted by molar-refractivity contribution is 9.10. The third-order valence-corrected chi connectivity index (χ3v) is 4.60. The van der Waals surface area contributed by atoms with Gasteiger partial charge in [0, 0.05) is 22.3 Å². The van der Waals surface area contributed by atoms with Gasteiger partial charge in [-0.3, -0.25) is 0 Å². The smallest absolute Gasteiger partial charge is 0.124 e. The van der Waals surface area contributed by atoms with Gasteiger partial charge in [-0.05, 0) is 49.2 Å². The highest BCUT2D eigenvalue weighted by Crippen LogP contribution is 2.26. The van der Waals surface area contributed by atoms with Crippen LogP contribution in [0.3, 0.4) is 0 Å². The standard InChI is InChI=1S/C22H22BrNO/c1-16-8-10-21(17(2)12-16)24-14-19-13-20(23)9-11-22(19)25-15-18-6-4-3-5-7-18/h3-13,24H,14-15H2,1-2H3. The van der Waals surface area contributed by atoms with Crippen LogP contribution in [0.5, 0.6) is 5.75 Å². The van der Waals surface area contributed by atoms with Gasteiger partial charge >= 0.3 is 0 Å². The van der Waals surface area contributed by atoms with Gasteiger partial charge in [0.25, 0.3) is 0 Å². The van der Waals surface area contributed by atoms with E-state index in [9.17, 15) is 0 Å². The van der Waals surface area contributed by atoms with Gasteiger partial charge in [-0.1, -0.05) is 64.0 Å². The van der Waals surface area contributed by atoms with Gasteiger partial charge < -0.3 is 10.1 Å². The molecule has 0 spiro atoms. The molecule has 1 N–H and O–H groups in total. The number of halogens is 1. The Bertz CT molecular complexity index is 846. The highest BCUT2D eigenvalue weighted by atomic mass is 79.9. The lowest BCUT2D eigenvalue weighted by atomic mass is 10.1. The first-order chi connectivity index (χ1) is 12.1. The molecular weight excluding hydrogens is 374 g/mol. The van der Waals surface area contributed by atoms with Crippen molar-refractivity contribution < 1.29 is 4.74 Å². The Morgan fingerprint density at radius 3 is 2.48 bits per heavy atom. The van der Waals surface area contributed by atoms with Crippen molar-refractivity contribution in [1.29, 1.82) is 0 Å². The van der Waals surface area contributed by atoms with Crippen LogP contribution in [0.2, 0.25) is 0 Å². The predicted octanol–water partition coefficient (Wildman–Crippen LogP) is 6.26. The normalized spacial score (nSPS) is 10.5. The lowest BCUT2D eigenvalue weighted by Crippen LogP contribution is -2.05. The first kappa shape index (κ1) is 17.6. The topological polar surface area (TPSA) is 21.3 Å². The third kappa shape index (κ3) is 4.86. The van der Waals surface area contributed by atoms with E-state index in [0.717, 1.165) is 21.5 Å². The summed E-state index contributed by atoms with van der Waals surface area (Å²) in [4.78, 5) is 0. The molecule has 3 aromatic rings. The third-order valence-electron chi connectivity index (χ3n) is 4.11. The molecule has 0 radical (unpaired) electrons. The Balaban J connectivity index is 1.72. The molecule has 0 saturated carbocycles. The summed E-state index contributed by atoms with van der Waals surface area (Å²) in [6.07, 6.45) is 0. The summed E-state index contributed by atoms with van der Waals surface area (Å²) in [7, 11) is 0. The monoisotopic (exact) mass is 395 g/mol. The molecule has 3 heteroatoms. The first-order valence-corrected chi connectivity index (χ1v) is 9.17. The zero-order chi connectivity index (χ0) is 17.6. The van der Waals surface area contributed by atoms with E-state index in [1.54, 1.807) is 0 Å². The number of aryl methyl sites for hydroxylation is 2. The molecule has 0 saturated heterocycles. The lowest BCUT2D eigenvalue weighted by Gasteiger charge is -2.15. The SMILES string of the molecule is Cc1ccc(NCc2cc(Br)ccc2OCc2ccccc2)c(C)c1. The Hall–Kier alpha value is -2.26. The van der Waals surface area contributed by atoms with E-state index in [2.05, 4.69) is 71.5 Å². The molecule has 0 aliphatic rings. The molecule has 0 aliphatic carbocycles. The number of rotatable bonds is 6. The Morgan fingerprint density at radius 1 is 0.920 bits per heavy atom. The van der Waals surface area contributed by atoms with Crippen LogP contribution in [0.1, 0.15) is 22.3 Å². The number of hydrogen-bond acceptors (Lipinski definition) is 2. The van der Waals surface area contributed by atoms with E-state index >= 15 is 0 Å². The van der Waals surface area contributed by atoms with E-state index in [-0.39, 0.29) is 0 Å². The maximum atomic E-state index is 6.06. The predicted molar refractivity (Wildman–Crippen MR) is 108 cm³/mol. The van der Waals surface area contributed by atoms with Crippen LogP contribution >= 0.6 is 15.9 Å². The number of nitrogens with one attached hydrogen (secondary N) is 1. The van der Waals surface area contributed by atoms with Gasteiger partial charge in [0.2, 0.25) is 0 Å². The maximum absolute atomic E-state index is 6.06. The lowest BCUT2D eigenvalue weighted by molar-refractivity contribution is 0.303. The molecule has 0 aliphatic heterocycles. The van der Waals surface area contributed by atoms with Crippen LogP contribution in [0, 0.1) is 13.8 Å². The molecule has 0 fully saturated rings. The summed E-state index contributed by atoms with van der Waals surface area (Å²) in [6.45, 7) is 5.52.